The van der Waals surface area contributed by atoms with E-state index in [2.05, 4.69) is 217 Å². The summed E-state index contributed by atoms with van der Waals surface area (Å²) in [4.78, 5) is 2.52. The average molecular weight is 880 g/mol. The van der Waals surface area contributed by atoms with Gasteiger partial charge in [0.05, 0.1) is 5.41 Å². The third-order valence-electron chi connectivity index (χ3n) is 17.3. The van der Waals surface area contributed by atoms with Gasteiger partial charge in [-0.2, -0.15) is 0 Å². The second-order valence-electron chi connectivity index (χ2n) is 21.8. The van der Waals surface area contributed by atoms with Crippen LogP contribution in [0.15, 0.2) is 171 Å². The largest absolute Gasteiger partial charge is 0.459 e. The van der Waals surface area contributed by atoms with E-state index in [0.717, 1.165) is 50.7 Å². The SMILES string of the molecule is CC1(C)c2cc(N(c3ccc4c(c3)C(C)(C)c3c-4ccc4oc5ccccc5c34)c3ccc4c(c3)C(C)(C)C3C=Cc5c(oc6ccccc56)C43C)ccc2-c2ccc3oc4ccccc4c3c21. The summed E-state index contributed by atoms with van der Waals surface area (Å²) >= 11 is 0. The minimum Gasteiger partial charge on any atom is -0.459 e. The zero-order chi connectivity index (χ0) is 45.8. The van der Waals surface area contributed by atoms with E-state index in [0.29, 0.717) is 0 Å². The molecule has 4 nitrogen and oxygen atoms in total. The Labute approximate surface area is 395 Å². The predicted molar refractivity (Wildman–Crippen MR) is 279 cm³/mol. The van der Waals surface area contributed by atoms with Gasteiger partial charge in [0.15, 0.2) is 0 Å². The zero-order valence-electron chi connectivity index (χ0n) is 39.3. The first kappa shape index (κ1) is 38.5. The zero-order valence-corrected chi connectivity index (χ0v) is 39.3. The molecule has 2 unspecified atom stereocenters. The van der Waals surface area contributed by atoms with Crippen molar-refractivity contribution in [1.29, 1.82) is 0 Å². The fraction of sp³-hybridized carbons (Fsp3) is 0.188. The Morgan fingerprint density at radius 2 is 0.868 bits per heavy atom. The molecule has 0 spiro atoms. The molecule has 2 atom stereocenters. The monoisotopic (exact) mass is 879 g/mol. The second kappa shape index (κ2) is 12.5. The van der Waals surface area contributed by atoms with Gasteiger partial charge in [-0.25, -0.2) is 0 Å². The minimum atomic E-state index is -0.330. The number of fused-ring (bicyclic) bond motifs is 21. The Morgan fingerprint density at radius 3 is 1.41 bits per heavy atom. The maximum atomic E-state index is 6.87. The molecule has 8 aromatic carbocycles. The van der Waals surface area contributed by atoms with Crippen LogP contribution in [0.4, 0.5) is 17.1 Å². The van der Waals surface area contributed by atoms with E-state index in [4.69, 9.17) is 13.3 Å². The Kier molecular flexibility index (Phi) is 7.08. The van der Waals surface area contributed by atoms with Gasteiger partial charge >= 0.3 is 0 Å². The van der Waals surface area contributed by atoms with Gasteiger partial charge in [-0.1, -0.05) is 139 Å². The summed E-state index contributed by atoms with van der Waals surface area (Å²) < 4.78 is 19.8. The number of nitrogens with zero attached hydrogens (tertiary/aromatic N) is 1. The predicted octanol–water partition coefficient (Wildman–Crippen LogP) is 17.6. The molecule has 15 rings (SSSR count). The summed E-state index contributed by atoms with van der Waals surface area (Å²) in [5, 5.41) is 5.96. The lowest BCUT2D eigenvalue weighted by Crippen LogP contribution is -2.37. The molecule has 0 bridgehead atoms. The lowest BCUT2D eigenvalue weighted by atomic mass is 9.65. The van der Waals surface area contributed by atoms with E-state index in [1.807, 2.05) is 0 Å². The molecule has 0 amide bonds. The number of para-hydroxylation sites is 3. The van der Waals surface area contributed by atoms with Crippen molar-refractivity contribution in [2.24, 2.45) is 5.92 Å². The van der Waals surface area contributed by atoms with Crippen LogP contribution < -0.4 is 4.90 Å². The van der Waals surface area contributed by atoms with Gasteiger partial charge in [-0.15, -0.1) is 0 Å². The molecule has 68 heavy (non-hydrogen) atoms. The third kappa shape index (κ3) is 4.57. The number of rotatable bonds is 3. The molecule has 3 heterocycles. The van der Waals surface area contributed by atoms with E-state index in [1.54, 1.807) is 0 Å². The van der Waals surface area contributed by atoms with Gasteiger partial charge in [0.2, 0.25) is 0 Å². The van der Waals surface area contributed by atoms with Crippen molar-refractivity contribution in [1.82, 2.24) is 0 Å². The molecule has 0 fully saturated rings. The van der Waals surface area contributed by atoms with Crippen LogP contribution in [0.1, 0.15) is 93.2 Å². The van der Waals surface area contributed by atoms with Crippen molar-refractivity contribution in [3.63, 3.8) is 0 Å². The summed E-state index contributed by atoms with van der Waals surface area (Å²) in [6, 6.07) is 56.0. The first-order valence-corrected chi connectivity index (χ1v) is 24.2. The lowest BCUT2D eigenvalue weighted by molar-refractivity contribution is 0.281. The maximum absolute atomic E-state index is 6.87. The third-order valence-corrected chi connectivity index (χ3v) is 17.3. The van der Waals surface area contributed by atoms with E-state index in [9.17, 15) is 0 Å². The molecule has 0 N–H and O–H groups in total. The molecular weight excluding hydrogens is 831 g/mol. The van der Waals surface area contributed by atoms with Gasteiger partial charge in [0.1, 0.15) is 33.7 Å². The van der Waals surface area contributed by atoms with Crippen molar-refractivity contribution in [3.8, 4) is 22.3 Å². The standard InChI is InChI=1S/C64H49NO3/c1-61(2)49-34-37(22-28-46(49)64(7)55(61)31-27-43-40-14-8-11-17-50(40)68-60(43)64)65(35-20-23-38-41-25-29-53-56(44-15-9-12-18-51(44)66-53)58(41)62(3,4)47(38)32-35)36-21-24-39-42-26-30-54-57(45-16-10-13-19-52(45)67-54)59(42)63(5,6)48(39)33-36/h8-34,55H,1-7H3. The molecule has 4 aliphatic carbocycles. The van der Waals surface area contributed by atoms with Crippen LogP contribution in [-0.4, -0.2) is 0 Å². The summed E-state index contributed by atoms with van der Waals surface area (Å²) in [5.41, 5.74) is 21.3. The van der Waals surface area contributed by atoms with Crippen LogP contribution in [-0.2, 0) is 21.7 Å². The second-order valence-corrected chi connectivity index (χ2v) is 21.8. The molecule has 3 aromatic heterocycles. The Bertz CT molecular complexity index is 3930. The molecular formula is C64H49NO3. The normalized spacial score (nSPS) is 19.6. The van der Waals surface area contributed by atoms with E-state index >= 15 is 0 Å². The molecule has 328 valence electrons. The van der Waals surface area contributed by atoms with Crippen LogP contribution in [0.2, 0.25) is 0 Å². The molecule has 0 saturated carbocycles. The number of benzene rings is 8. The van der Waals surface area contributed by atoms with E-state index in [1.165, 1.54) is 88.1 Å². The molecule has 4 heteroatoms. The summed E-state index contributed by atoms with van der Waals surface area (Å²) in [7, 11) is 0. The Hall–Kier alpha value is -7.56. The van der Waals surface area contributed by atoms with Gasteiger partial charge in [0, 0.05) is 66.3 Å². The van der Waals surface area contributed by atoms with Crippen molar-refractivity contribution in [2.45, 2.75) is 70.1 Å². The highest BCUT2D eigenvalue weighted by atomic mass is 16.3. The van der Waals surface area contributed by atoms with Gasteiger partial charge in [-0.3, -0.25) is 0 Å². The number of furan rings is 3. The van der Waals surface area contributed by atoms with Crippen LogP contribution in [0, 0.1) is 5.92 Å². The highest BCUT2D eigenvalue weighted by Crippen LogP contribution is 2.63. The quantitative estimate of drug-likeness (QED) is 0.177. The number of anilines is 3. The molecule has 0 aliphatic heterocycles. The Morgan fingerprint density at radius 1 is 0.412 bits per heavy atom. The highest BCUT2D eigenvalue weighted by molar-refractivity contribution is 6.12. The fourth-order valence-corrected chi connectivity index (χ4v) is 14.2. The number of allylic oxidation sites excluding steroid dienone is 1. The van der Waals surface area contributed by atoms with Crippen molar-refractivity contribution in [2.75, 3.05) is 4.90 Å². The fourth-order valence-electron chi connectivity index (χ4n) is 14.2. The summed E-state index contributed by atoms with van der Waals surface area (Å²) in [5.74, 6) is 1.29. The van der Waals surface area contributed by atoms with Crippen molar-refractivity contribution < 1.29 is 13.3 Å². The lowest BCUT2D eigenvalue weighted by Gasteiger charge is -2.37. The number of hydrogen-bond donors (Lipinski definition) is 0. The highest BCUT2D eigenvalue weighted by Gasteiger charge is 2.57. The van der Waals surface area contributed by atoms with Crippen molar-refractivity contribution in [3.05, 3.63) is 202 Å². The maximum Gasteiger partial charge on any atom is 0.135 e. The van der Waals surface area contributed by atoms with Crippen LogP contribution in [0.25, 0.3) is 83.2 Å². The van der Waals surface area contributed by atoms with Crippen molar-refractivity contribution >= 4 is 78.0 Å². The first-order valence-electron chi connectivity index (χ1n) is 24.2. The first-order chi connectivity index (χ1) is 32.8. The van der Waals surface area contributed by atoms with Gasteiger partial charge in [0.25, 0.3) is 0 Å². The van der Waals surface area contributed by atoms with E-state index < -0.39 is 0 Å². The molecule has 11 aromatic rings. The average Bonchev–Trinajstić information content (AvgIpc) is 4.15. The van der Waals surface area contributed by atoms with E-state index in [-0.39, 0.29) is 27.6 Å². The topological polar surface area (TPSA) is 42.7 Å². The van der Waals surface area contributed by atoms with Crippen LogP contribution >= 0.6 is 0 Å². The molecule has 4 aliphatic rings. The summed E-state index contributed by atoms with van der Waals surface area (Å²) in [6.07, 6.45) is 4.78. The minimum absolute atomic E-state index is 0.181. The Balaban J connectivity index is 0.939. The van der Waals surface area contributed by atoms with Gasteiger partial charge < -0.3 is 18.2 Å². The van der Waals surface area contributed by atoms with Gasteiger partial charge in [-0.05, 0) is 135 Å². The molecule has 0 saturated heterocycles. The molecule has 0 radical (unpaired) electrons. The van der Waals surface area contributed by atoms with Crippen LogP contribution in [0.3, 0.4) is 0 Å². The number of hydrogen-bond acceptors (Lipinski definition) is 4. The summed E-state index contributed by atoms with van der Waals surface area (Å²) in [6.45, 7) is 16.8. The smallest absolute Gasteiger partial charge is 0.135 e. The van der Waals surface area contributed by atoms with Crippen LogP contribution in [0.5, 0.6) is 0 Å².